The summed E-state index contributed by atoms with van der Waals surface area (Å²) in [5, 5.41) is 3.43. The number of hydrogen-bond donors (Lipinski definition) is 2. The molecular formula is C20H27N3O3S. The van der Waals surface area contributed by atoms with E-state index in [1.807, 2.05) is 6.92 Å². The first-order chi connectivity index (χ1) is 13.0. The second-order valence-corrected chi connectivity index (χ2v) is 8.97. The summed E-state index contributed by atoms with van der Waals surface area (Å²) in [5.74, 6) is 0.480. The fourth-order valence-corrected chi connectivity index (χ4v) is 4.94. The average molecular weight is 390 g/mol. The van der Waals surface area contributed by atoms with Crippen LogP contribution < -0.4 is 10.0 Å². The highest BCUT2D eigenvalue weighted by atomic mass is 32.2. The van der Waals surface area contributed by atoms with E-state index in [0.29, 0.717) is 23.2 Å². The smallest absolute Gasteiger partial charge is 0.241 e. The Kier molecular flexibility index (Phi) is 6.44. The lowest BCUT2D eigenvalue weighted by Crippen LogP contribution is -2.35. The van der Waals surface area contributed by atoms with Gasteiger partial charge in [0.05, 0.1) is 10.4 Å². The Morgan fingerprint density at radius 1 is 1.15 bits per heavy atom. The molecule has 3 rings (SSSR count). The Bertz CT molecular complexity index is 906. The molecule has 0 saturated heterocycles. The van der Waals surface area contributed by atoms with Crippen molar-refractivity contribution in [3.8, 4) is 0 Å². The number of aryl methyl sites for hydroxylation is 1. The highest BCUT2D eigenvalue weighted by molar-refractivity contribution is 7.89. The van der Waals surface area contributed by atoms with Gasteiger partial charge < -0.3 is 5.32 Å². The van der Waals surface area contributed by atoms with E-state index in [4.69, 9.17) is 0 Å². The molecular weight excluding hydrogens is 362 g/mol. The molecule has 1 saturated carbocycles. The number of rotatable bonds is 7. The minimum atomic E-state index is -3.67. The monoisotopic (exact) mass is 389 g/mol. The normalized spacial score (nSPS) is 15.7. The second-order valence-electron chi connectivity index (χ2n) is 7.24. The largest absolute Gasteiger partial charge is 0.355 e. The van der Waals surface area contributed by atoms with Gasteiger partial charge in [0.1, 0.15) is 0 Å². The first kappa shape index (κ1) is 19.8. The maximum atomic E-state index is 12.7. The first-order valence-corrected chi connectivity index (χ1v) is 11.1. The first-order valence-electron chi connectivity index (χ1n) is 9.58. The van der Waals surface area contributed by atoms with Crippen LogP contribution in [0, 0.1) is 12.8 Å². The van der Waals surface area contributed by atoms with Gasteiger partial charge in [-0.15, -0.1) is 0 Å². The zero-order valence-electron chi connectivity index (χ0n) is 15.7. The Morgan fingerprint density at radius 3 is 2.70 bits per heavy atom. The van der Waals surface area contributed by atoms with E-state index in [9.17, 15) is 13.2 Å². The molecule has 2 N–H and O–H groups in total. The van der Waals surface area contributed by atoms with Crippen LogP contribution in [0.3, 0.4) is 0 Å². The van der Waals surface area contributed by atoms with E-state index in [1.165, 1.54) is 19.3 Å². The third-order valence-electron chi connectivity index (χ3n) is 5.16. The van der Waals surface area contributed by atoms with E-state index < -0.39 is 10.0 Å². The van der Waals surface area contributed by atoms with Crippen LogP contribution in [0.2, 0.25) is 0 Å². The molecule has 0 atom stereocenters. The summed E-state index contributed by atoms with van der Waals surface area (Å²) in [6.45, 7) is 2.35. The molecule has 146 valence electrons. The molecule has 1 amide bonds. The fraction of sp³-hybridized carbons (Fsp3) is 0.500. The molecule has 0 aliphatic heterocycles. The van der Waals surface area contributed by atoms with Crippen molar-refractivity contribution in [2.45, 2.75) is 50.3 Å². The Morgan fingerprint density at radius 2 is 1.93 bits per heavy atom. The third kappa shape index (κ3) is 5.05. The number of sulfonamides is 1. The van der Waals surface area contributed by atoms with Gasteiger partial charge in [0.25, 0.3) is 0 Å². The van der Waals surface area contributed by atoms with E-state index in [1.54, 1.807) is 30.5 Å². The number of fused-ring (bicyclic) bond motifs is 1. The topological polar surface area (TPSA) is 88.2 Å². The summed E-state index contributed by atoms with van der Waals surface area (Å²) in [6.07, 6.45) is 8.11. The predicted octanol–water partition coefficient (Wildman–Crippen LogP) is 2.91. The van der Waals surface area contributed by atoms with E-state index in [2.05, 4.69) is 15.0 Å². The number of amides is 1. The Hall–Kier alpha value is -1.99. The van der Waals surface area contributed by atoms with Crippen LogP contribution in [0.4, 0.5) is 0 Å². The van der Waals surface area contributed by atoms with Gasteiger partial charge in [-0.2, -0.15) is 0 Å². The zero-order valence-corrected chi connectivity index (χ0v) is 16.5. The number of nitrogens with zero attached hydrogens (tertiary/aromatic N) is 1. The molecule has 6 nitrogen and oxygen atoms in total. The van der Waals surface area contributed by atoms with Crippen LogP contribution in [-0.2, 0) is 14.8 Å². The van der Waals surface area contributed by atoms with Crippen LogP contribution in [-0.4, -0.2) is 32.4 Å². The van der Waals surface area contributed by atoms with Gasteiger partial charge in [-0.3, -0.25) is 9.78 Å². The van der Waals surface area contributed by atoms with Crippen molar-refractivity contribution in [3.05, 3.63) is 36.0 Å². The second kappa shape index (κ2) is 8.80. The van der Waals surface area contributed by atoms with Gasteiger partial charge >= 0.3 is 0 Å². The van der Waals surface area contributed by atoms with Crippen LogP contribution in [0.5, 0.6) is 0 Å². The Balaban J connectivity index is 1.55. The molecule has 1 aliphatic carbocycles. The minimum absolute atomic E-state index is 0.00563. The summed E-state index contributed by atoms with van der Waals surface area (Å²) in [4.78, 5) is 16.5. The quantitative estimate of drug-likeness (QED) is 0.713. The maximum Gasteiger partial charge on any atom is 0.241 e. The highest BCUT2D eigenvalue weighted by Gasteiger charge is 2.19. The molecule has 2 aromatic rings. The average Bonchev–Trinajstić information content (AvgIpc) is 2.66. The molecule has 1 aromatic heterocycles. The molecule has 0 radical (unpaired) electrons. The SMILES string of the molecule is Cc1ccc(S(=O)(=O)NCCNC(=O)CC2CCCCC2)c2cccnc12. The number of nitrogens with one attached hydrogen (secondary N) is 2. The molecule has 1 aliphatic rings. The lowest BCUT2D eigenvalue weighted by atomic mass is 9.87. The van der Waals surface area contributed by atoms with Crippen molar-refractivity contribution in [1.29, 1.82) is 0 Å². The summed E-state index contributed by atoms with van der Waals surface area (Å²) in [7, 11) is -3.67. The number of pyridine rings is 1. The number of aromatic nitrogens is 1. The molecule has 0 unspecified atom stereocenters. The lowest BCUT2D eigenvalue weighted by molar-refractivity contribution is -0.122. The van der Waals surface area contributed by atoms with E-state index >= 15 is 0 Å². The number of carbonyl (C=O) groups excluding carboxylic acids is 1. The van der Waals surface area contributed by atoms with Crippen LogP contribution in [0.15, 0.2) is 35.4 Å². The van der Waals surface area contributed by atoms with Gasteiger partial charge in [0, 0.05) is 31.1 Å². The molecule has 1 aromatic carbocycles. The Labute approximate surface area is 160 Å². The lowest BCUT2D eigenvalue weighted by Gasteiger charge is -2.20. The van der Waals surface area contributed by atoms with Crippen molar-refractivity contribution in [1.82, 2.24) is 15.0 Å². The molecule has 0 bridgehead atoms. The minimum Gasteiger partial charge on any atom is -0.355 e. The van der Waals surface area contributed by atoms with Crippen molar-refractivity contribution < 1.29 is 13.2 Å². The van der Waals surface area contributed by atoms with Gasteiger partial charge in [-0.1, -0.05) is 25.3 Å². The van der Waals surface area contributed by atoms with E-state index in [0.717, 1.165) is 18.4 Å². The number of benzene rings is 1. The van der Waals surface area contributed by atoms with Crippen LogP contribution in [0.25, 0.3) is 10.9 Å². The summed E-state index contributed by atoms with van der Waals surface area (Å²) in [5.41, 5.74) is 1.61. The zero-order chi connectivity index (χ0) is 19.3. The van der Waals surface area contributed by atoms with Gasteiger partial charge in [0.15, 0.2) is 0 Å². The summed E-state index contributed by atoms with van der Waals surface area (Å²) in [6, 6.07) is 6.85. The molecule has 27 heavy (non-hydrogen) atoms. The van der Waals surface area contributed by atoms with Crippen molar-refractivity contribution in [2.24, 2.45) is 5.92 Å². The van der Waals surface area contributed by atoms with Crippen molar-refractivity contribution in [3.63, 3.8) is 0 Å². The van der Waals surface area contributed by atoms with Crippen LogP contribution in [0.1, 0.15) is 44.1 Å². The predicted molar refractivity (Wildman–Crippen MR) is 106 cm³/mol. The number of carbonyl (C=O) groups is 1. The van der Waals surface area contributed by atoms with Crippen molar-refractivity contribution >= 4 is 26.8 Å². The van der Waals surface area contributed by atoms with E-state index in [-0.39, 0.29) is 23.9 Å². The van der Waals surface area contributed by atoms with Gasteiger partial charge in [-0.25, -0.2) is 13.1 Å². The standard InChI is InChI=1S/C20H27N3O3S/c1-15-9-10-18(17-8-5-11-22-20(15)17)27(25,26)23-13-12-21-19(24)14-16-6-3-2-4-7-16/h5,8-11,16,23H,2-4,6-7,12-14H2,1H3,(H,21,24). The van der Waals surface area contributed by atoms with Crippen LogP contribution >= 0.6 is 0 Å². The number of hydrogen-bond acceptors (Lipinski definition) is 4. The van der Waals surface area contributed by atoms with Crippen molar-refractivity contribution in [2.75, 3.05) is 13.1 Å². The highest BCUT2D eigenvalue weighted by Crippen LogP contribution is 2.26. The molecule has 7 heteroatoms. The molecule has 1 heterocycles. The van der Waals surface area contributed by atoms with Gasteiger partial charge in [0.2, 0.25) is 15.9 Å². The summed E-state index contributed by atoms with van der Waals surface area (Å²) >= 11 is 0. The van der Waals surface area contributed by atoms with Gasteiger partial charge in [-0.05, 0) is 49.4 Å². The molecule has 1 fully saturated rings. The summed E-state index contributed by atoms with van der Waals surface area (Å²) < 4.78 is 27.9. The fourth-order valence-electron chi connectivity index (χ4n) is 3.71. The maximum absolute atomic E-state index is 12.7. The molecule has 0 spiro atoms. The third-order valence-corrected chi connectivity index (χ3v) is 6.68.